The Bertz CT molecular complexity index is 590. The Balaban J connectivity index is 2.07. The highest BCUT2D eigenvalue weighted by atomic mass is 16.5. The number of guanidine groups is 1. The first-order chi connectivity index (χ1) is 13.1. The van der Waals surface area contributed by atoms with E-state index in [4.69, 9.17) is 23.9 Å². The zero-order chi connectivity index (χ0) is 19.6. The van der Waals surface area contributed by atoms with Gasteiger partial charge in [-0.15, -0.1) is 0 Å². The van der Waals surface area contributed by atoms with E-state index in [2.05, 4.69) is 24.2 Å². The van der Waals surface area contributed by atoms with E-state index >= 15 is 0 Å². The molecule has 2 rings (SSSR count). The summed E-state index contributed by atoms with van der Waals surface area (Å²) in [6.45, 7) is 6.19. The average molecular weight is 380 g/mol. The van der Waals surface area contributed by atoms with Gasteiger partial charge in [0, 0.05) is 56.9 Å². The van der Waals surface area contributed by atoms with Gasteiger partial charge in [-0.25, -0.2) is 0 Å². The fourth-order valence-corrected chi connectivity index (χ4v) is 3.27. The molecular weight excluding hydrogens is 346 g/mol. The van der Waals surface area contributed by atoms with E-state index in [0.29, 0.717) is 24.6 Å². The lowest BCUT2D eigenvalue weighted by Gasteiger charge is -2.24. The molecule has 0 saturated carbocycles. The SMILES string of the molecule is CCNC(=NCCc1c(OC)cc(OC)cc1OC)N(C)CC1CCOC1. The van der Waals surface area contributed by atoms with Gasteiger partial charge in [0.15, 0.2) is 5.96 Å². The Hall–Kier alpha value is -2.15. The zero-order valence-corrected chi connectivity index (χ0v) is 17.2. The highest BCUT2D eigenvalue weighted by molar-refractivity contribution is 5.79. The van der Waals surface area contributed by atoms with Crippen LogP contribution in [0.3, 0.4) is 0 Å². The van der Waals surface area contributed by atoms with Crippen molar-refractivity contribution < 1.29 is 18.9 Å². The second-order valence-electron chi connectivity index (χ2n) is 6.61. The molecule has 1 N–H and O–H groups in total. The Morgan fingerprint density at radius 3 is 2.44 bits per heavy atom. The fraction of sp³-hybridized carbons (Fsp3) is 0.650. The van der Waals surface area contributed by atoms with Crippen LogP contribution in [-0.4, -0.2) is 72.1 Å². The van der Waals surface area contributed by atoms with Crippen molar-refractivity contribution in [1.82, 2.24) is 10.2 Å². The second-order valence-corrected chi connectivity index (χ2v) is 6.61. The summed E-state index contributed by atoms with van der Waals surface area (Å²) in [4.78, 5) is 6.98. The van der Waals surface area contributed by atoms with Crippen LogP contribution in [0.25, 0.3) is 0 Å². The number of ether oxygens (including phenoxy) is 4. The van der Waals surface area contributed by atoms with Crippen molar-refractivity contribution in [3.63, 3.8) is 0 Å². The second kappa shape index (κ2) is 10.9. The fourth-order valence-electron chi connectivity index (χ4n) is 3.27. The van der Waals surface area contributed by atoms with E-state index in [1.165, 1.54) is 0 Å². The van der Waals surface area contributed by atoms with Crippen LogP contribution in [-0.2, 0) is 11.2 Å². The predicted octanol–water partition coefficient (Wildman–Crippen LogP) is 2.19. The lowest BCUT2D eigenvalue weighted by molar-refractivity contribution is 0.181. The minimum absolute atomic E-state index is 0.570. The molecule has 152 valence electrons. The third kappa shape index (κ3) is 5.92. The van der Waals surface area contributed by atoms with Crippen molar-refractivity contribution in [2.24, 2.45) is 10.9 Å². The van der Waals surface area contributed by atoms with Gasteiger partial charge in [0.05, 0.1) is 27.9 Å². The van der Waals surface area contributed by atoms with Crippen LogP contribution in [0, 0.1) is 5.92 Å². The summed E-state index contributed by atoms with van der Waals surface area (Å²) in [5, 5.41) is 3.37. The van der Waals surface area contributed by atoms with Gasteiger partial charge in [-0.1, -0.05) is 0 Å². The van der Waals surface area contributed by atoms with Crippen molar-refractivity contribution in [2.45, 2.75) is 19.8 Å². The minimum atomic E-state index is 0.570. The number of benzene rings is 1. The predicted molar refractivity (Wildman–Crippen MR) is 107 cm³/mol. The van der Waals surface area contributed by atoms with Gasteiger partial charge in [-0.05, 0) is 19.8 Å². The van der Waals surface area contributed by atoms with Gasteiger partial charge in [-0.2, -0.15) is 0 Å². The van der Waals surface area contributed by atoms with Gasteiger partial charge in [-0.3, -0.25) is 4.99 Å². The highest BCUT2D eigenvalue weighted by Crippen LogP contribution is 2.34. The largest absolute Gasteiger partial charge is 0.496 e. The molecule has 1 aliphatic rings. The molecule has 0 amide bonds. The topological polar surface area (TPSA) is 64.6 Å². The molecule has 7 heteroatoms. The molecule has 0 radical (unpaired) electrons. The summed E-state index contributed by atoms with van der Waals surface area (Å²) >= 11 is 0. The first kappa shape index (κ1) is 21.2. The lowest BCUT2D eigenvalue weighted by atomic mass is 10.1. The summed E-state index contributed by atoms with van der Waals surface area (Å²) in [6.07, 6.45) is 1.83. The van der Waals surface area contributed by atoms with Gasteiger partial charge < -0.3 is 29.2 Å². The van der Waals surface area contributed by atoms with Crippen molar-refractivity contribution in [3.05, 3.63) is 17.7 Å². The van der Waals surface area contributed by atoms with Crippen molar-refractivity contribution in [3.8, 4) is 17.2 Å². The molecule has 1 fully saturated rings. The zero-order valence-electron chi connectivity index (χ0n) is 17.2. The van der Waals surface area contributed by atoms with Crippen molar-refractivity contribution in [2.75, 3.05) is 61.2 Å². The minimum Gasteiger partial charge on any atom is -0.496 e. The van der Waals surface area contributed by atoms with Crippen molar-refractivity contribution in [1.29, 1.82) is 0 Å². The summed E-state index contributed by atoms with van der Waals surface area (Å²) in [5.74, 6) is 3.70. The molecule has 27 heavy (non-hydrogen) atoms. The summed E-state index contributed by atoms with van der Waals surface area (Å²) < 4.78 is 21.8. The maximum atomic E-state index is 5.52. The van der Waals surface area contributed by atoms with Crippen molar-refractivity contribution >= 4 is 5.96 Å². The average Bonchev–Trinajstić information content (AvgIpc) is 3.19. The standard InChI is InChI=1S/C20H33N3O4/c1-6-21-20(23(2)13-15-8-10-27-14-15)22-9-7-17-18(25-4)11-16(24-3)12-19(17)26-5/h11-12,15H,6-10,13-14H2,1-5H3,(H,21,22). The summed E-state index contributed by atoms with van der Waals surface area (Å²) in [5.41, 5.74) is 0.993. The molecule has 0 spiro atoms. The van der Waals surface area contributed by atoms with E-state index in [9.17, 15) is 0 Å². The first-order valence-electron chi connectivity index (χ1n) is 9.49. The molecule has 1 aromatic carbocycles. The summed E-state index contributed by atoms with van der Waals surface area (Å²) in [7, 11) is 7.02. The lowest BCUT2D eigenvalue weighted by Crippen LogP contribution is -2.41. The monoisotopic (exact) mass is 379 g/mol. The molecule has 1 saturated heterocycles. The quantitative estimate of drug-likeness (QED) is 0.524. The van der Waals surface area contributed by atoms with Crippen LogP contribution in [0.2, 0.25) is 0 Å². The molecule has 1 aromatic rings. The Labute approximate surface area is 162 Å². The smallest absolute Gasteiger partial charge is 0.193 e. The van der Waals surface area contributed by atoms with Crippen LogP contribution in [0.15, 0.2) is 17.1 Å². The molecule has 1 heterocycles. The Kier molecular flexibility index (Phi) is 8.51. The van der Waals surface area contributed by atoms with E-state index in [-0.39, 0.29) is 0 Å². The number of methoxy groups -OCH3 is 3. The Morgan fingerprint density at radius 2 is 1.93 bits per heavy atom. The molecule has 1 unspecified atom stereocenters. The van der Waals surface area contributed by atoms with Crippen LogP contribution in [0.5, 0.6) is 17.2 Å². The number of aliphatic imine (C=N–C) groups is 1. The molecular formula is C20H33N3O4. The summed E-state index contributed by atoms with van der Waals surface area (Å²) in [6, 6.07) is 3.75. The van der Waals surface area contributed by atoms with Crippen LogP contribution in [0.4, 0.5) is 0 Å². The van der Waals surface area contributed by atoms with Crippen LogP contribution in [0.1, 0.15) is 18.9 Å². The molecule has 0 aliphatic carbocycles. The maximum Gasteiger partial charge on any atom is 0.193 e. The number of hydrogen-bond donors (Lipinski definition) is 1. The highest BCUT2D eigenvalue weighted by Gasteiger charge is 2.19. The maximum absolute atomic E-state index is 5.52. The third-order valence-electron chi connectivity index (χ3n) is 4.69. The molecule has 7 nitrogen and oxygen atoms in total. The normalized spacial score (nSPS) is 16.9. The first-order valence-corrected chi connectivity index (χ1v) is 9.49. The third-order valence-corrected chi connectivity index (χ3v) is 4.69. The van der Waals surface area contributed by atoms with E-state index in [1.807, 2.05) is 12.1 Å². The van der Waals surface area contributed by atoms with Crippen LogP contribution < -0.4 is 19.5 Å². The molecule has 0 bridgehead atoms. The van der Waals surface area contributed by atoms with Gasteiger partial charge >= 0.3 is 0 Å². The van der Waals surface area contributed by atoms with E-state index < -0.39 is 0 Å². The number of nitrogens with zero attached hydrogens (tertiary/aromatic N) is 2. The number of hydrogen-bond acceptors (Lipinski definition) is 5. The molecule has 1 atom stereocenters. The van der Waals surface area contributed by atoms with Gasteiger partial charge in [0.1, 0.15) is 17.2 Å². The Morgan fingerprint density at radius 1 is 1.22 bits per heavy atom. The van der Waals surface area contributed by atoms with Gasteiger partial charge in [0.25, 0.3) is 0 Å². The molecule has 1 aliphatic heterocycles. The van der Waals surface area contributed by atoms with E-state index in [1.54, 1.807) is 21.3 Å². The number of rotatable bonds is 9. The van der Waals surface area contributed by atoms with E-state index in [0.717, 1.165) is 55.7 Å². The molecule has 0 aromatic heterocycles. The van der Waals surface area contributed by atoms with Gasteiger partial charge in [0.2, 0.25) is 0 Å². The van der Waals surface area contributed by atoms with Crippen LogP contribution >= 0.6 is 0 Å². The number of nitrogens with one attached hydrogen (secondary N) is 1.